The molecule has 9 nitrogen and oxygen atoms in total. The number of allylic oxidation sites excluding steroid dienone is 1. The van der Waals surface area contributed by atoms with Crippen molar-refractivity contribution in [3.05, 3.63) is 40.9 Å². The monoisotopic (exact) mass is 375 g/mol. The highest BCUT2D eigenvalue weighted by Gasteiger charge is 2.36. The zero-order valence-corrected chi connectivity index (χ0v) is 12.9. The molecule has 132 valence electrons. The van der Waals surface area contributed by atoms with Crippen LogP contribution in [0.25, 0.3) is 0 Å². The quantitative estimate of drug-likeness (QED) is 0.755. The van der Waals surface area contributed by atoms with Crippen molar-refractivity contribution >= 4 is 29.1 Å². The molecule has 25 heavy (non-hydrogen) atoms. The summed E-state index contributed by atoms with van der Waals surface area (Å²) in [6, 6.07) is 2.98. The molecule has 0 saturated heterocycles. The lowest BCUT2D eigenvalue weighted by atomic mass is 10.3. The van der Waals surface area contributed by atoms with Gasteiger partial charge >= 0.3 is 12.1 Å². The van der Waals surface area contributed by atoms with Crippen LogP contribution in [-0.4, -0.2) is 42.0 Å². The second-order valence-corrected chi connectivity index (χ2v) is 4.88. The normalized spacial score (nSPS) is 13.1. The number of hydrogen-bond acceptors (Lipinski definition) is 7. The van der Waals surface area contributed by atoms with Crippen LogP contribution < -0.4 is 5.73 Å². The van der Waals surface area contributed by atoms with Gasteiger partial charge in [-0.15, -0.1) is 10.2 Å². The van der Waals surface area contributed by atoms with Gasteiger partial charge in [-0.1, -0.05) is 11.6 Å². The molecule has 2 heterocycles. The van der Waals surface area contributed by atoms with Crippen molar-refractivity contribution in [1.29, 1.82) is 0 Å². The van der Waals surface area contributed by atoms with Crippen LogP contribution in [0.2, 0.25) is 5.02 Å². The SMILES string of the molecule is N/C(=C\C(=N\c1ncccc1Cl)C(=O)O)Cn1nnc(C(F)(F)F)n1. The van der Waals surface area contributed by atoms with Crippen LogP contribution in [0, 0.1) is 0 Å². The molecule has 0 atom stereocenters. The van der Waals surface area contributed by atoms with E-state index in [0.717, 1.165) is 6.08 Å². The number of rotatable bonds is 5. The number of carbonyl (C=O) groups is 1. The van der Waals surface area contributed by atoms with Crippen LogP contribution in [0.5, 0.6) is 0 Å². The van der Waals surface area contributed by atoms with E-state index in [9.17, 15) is 18.0 Å². The Labute approximate surface area is 142 Å². The Balaban J connectivity index is 2.24. The van der Waals surface area contributed by atoms with Crippen LogP contribution in [-0.2, 0) is 17.5 Å². The van der Waals surface area contributed by atoms with E-state index < -0.39 is 30.2 Å². The number of aliphatic imine (C=N–C) groups is 1. The van der Waals surface area contributed by atoms with Crippen LogP contribution in [0.15, 0.2) is 35.1 Å². The molecule has 13 heteroatoms. The summed E-state index contributed by atoms with van der Waals surface area (Å²) in [5.41, 5.74) is 4.92. The minimum atomic E-state index is -4.75. The molecule has 0 aliphatic heterocycles. The number of halogens is 4. The van der Waals surface area contributed by atoms with Crippen molar-refractivity contribution in [2.24, 2.45) is 10.7 Å². The fourth-order valence-electron chi connectivity index (χ4n) is 1.52. The summed E-state index contributed by atoms with van der Waals surface area (Å²) in [4.78, 5) is 19.4. The molecule has 0 unspecified atom stereocenters. The maximum atomic E-state index is 12.4. The maximum absolute atomic E-state index is 12.4. The Morgan fingerprint density at radius 1 is 1.48 bits per heavy atom. The van der Waals surface area contributed by atoms with Gasteiger partial charge < -0.3 is 10.8 Å². The molecule has 2 aromatic heterocycles. The summed E-state index contributed by atoms with van der Waals surface area (Å²) < 4.78 is 37.2. The lowest BCUT2D eigenvalue weighted by molar-refractivity contribution is -0.145. The van der Waals surface area contributed by atoms with Gasteiger partial charge in [0, 0.05) is 11.9 Å². The van der Waals surface area contributed by atoms with Gasteiger partial charge in [-0.05, 0) is 23.4 Å². The highest BCUT2D eigenvalue weighted by molar-refractivity contribution is 6.41. The number of carboxylic acid groups (broad SMARTS) is 1. The lowest BCUT2D eigenvalue weighted by Crippen LogP contribution is -2.17. The molecular formula is C12H9ClF3N7O2. The van der Waals surface area contributed by atoms with E-state index in [1.807, 2.05) is 0 Å². The van der Waals surface area contributed by atoms with Gasteiger partial charge in [0.2, 0.25) is 0 Å². The van der Waals surface area contributed by atoms with Gasteiger partial charge in [0.05, 0.1) is 5.02 Å². The molecule has 0 bridgehead atoms. The maximum Gasteiger partial charge on any atom is 0.455 e. The second kappa shape index (κ2) is 7.25. The summed E-state index contributed by atoms with van der Waals surface area (Å²) in [5, 5.41) is 18.4. The number of tetrazole rings is 1. The van der Waals surface area contributed by atoms with Gasteiger partial charge in [0.25, 0.3) is 5.82 Å². The van der Waals surface area contributed by atoms with E-state index in [-0.39, 0.29) is 16.5 Å². The third-order valence-corrected chi connectivity index (χ3v) is 2.83. The summed E-state index contributed by atoms with van der Waals surface area (Å²) in [5.74, 6) is -2.93. The third kappa shape index (κ3) is 4.97. The first kappa shape index (κ1) is 18.3. The van der Waals surface area contributed by atoms with Crippen molar-refractivity contribution in [2.75, 3.05) is 0 Å². The first-order valence-corrected chi connectivity index (χ1v) is 6.78. The Morgan fingerprint density at radius 2 is 2.20 bits per heavy atom. The smallest absolute Gasteiger partial charge is 0.455 e. The van der Waals surface area contributed by atoms with E-state index in [2.05, 4.69) is 25.4 Å². The van der Waals surface area contributed by atoms with Crippen LogP contribution in [0.1, 0.15) is 5.82 Å². The lowest BCUT2D eigenvalue weighted by Gasteiger charge is -2.02. The number of nitrogens with zero attached hydrogens (tertiary/aromatic N) is 6. The van der Waals surface area contributed by atoms with Crippen LogP contribution in [0.3, 0.4) is 0 Å². The van der Waals surface area contributed by atoms with E-state index in [0.29, 0.717) is 4.80 Å². The summed E-state index contributed by atoms with van der Waals surface area (Å²) in [6.45, 7) is -0.425. The van der Waals surface area contributed by atoms with E-state index in [1.165, 1.54) is 18.3 Å². The fourth-order valence-corrected chi connectivity index (χ4v) is 1.69. The van der Waals surface area contributed by atoms with E-state index >= 15 is 0 Å². The number of aromatic nitrogens is 5. The molecule has 0 spiro atoms. The Hall–Kier alpha value is -3.02. The van der Waals surface area contributed by atoms with Crippen LogP contribution >= 0.6 is 11.6 Å². The van der Waals surface area contributed by atoms with Crippen molar-refractivity contribution in [2.45, 2.75) is 12.7 Å². The highest BCUT2D eigenvalue weighted by atomic mass is 35.5. The third-order valence-electron chi connectivity index (χ3n) is 2.54. The molecule has 0 aliphatic rings. The first-order chi connectivity index (χ1) is 11.7. The largest absolute Gasteiger partial charge is 0.477 e. The summed E-state index contributed by atoms with van der Waals surface area (Å²) in [7, 11) is 0. The zero-order valence-electron chi connectivity index (χ0n) is 12.1. The zero-order chi connectivity index (χ0) is 18.6. The average molecular weight is 376 g/mol. The van der Waals surface area contributed by atoms with Crippen molar-refractivity contribution < 1.29 is 23.1 Å². The average Bonchev–Trinajstić information content (AvgIpc) is 2.97. The minimum Gasteiger partial charge on any atom is -0.477 e. The molecule has 2 rings (SSSR count). The Morgan fingerprint density at radius 3 is 2.76 bits per heavy atom. The summed E-state index contributed by atoms with van der Waals surface area (Å²) >= 11 is 5.83. The summed E-state index contributed by atoms with van der Waals surface area (Å²) in [6.07, 6.45) is -2.46. The molecule has 0 radical (unpaired) electrons. The van der Waals surface area contributed by atoms with Crippen LogP contribution in [0.4, 0.5) is 19.0 Å². The molecule has 0 aliphatic carbocycles. The standard InChI is InChI=1S/C12H9ClF3N7O2/c13-7-2-1-3-18-9(7)19-8(10(24)25)4-6(17)5-23-21-11(20-22-23)12(14,15)16/h1-4H,5,17H2,(H,24,25)/b6-4-,19-8-. The molecular weight excluding hydrogens is 367 g/mol. The van der Waals surface area contributed by atoms with E-state index in [1.54, 1.807) is 0 Å². The topological polar surface area (TPSA) is 132 Å². The molecule has 0 saturated carbocycles. The number of pyridine rings is 1. The van der Waals surface area contributed by atoms with Crippen molar-refractivity contribution in [1.82, 2.24) is 25.2 Å². The number of hydrogen-bond donors (Lipinski definition) is 2. The highest BCUT2D eigenvalue weighted by Crippen LogP contribution is 2.25. The van der Waals surface area contributed by atoms with E-state index in [4.69, 9.17) is 22.4 Å². The molecule has 0 fully saturated rings. The minimum absolute atomic E-state index is 0.0520. The van der Waals surface area contributed by atoms with Gasteiger partial charge in [-0.25, -0.2) is 14.8 Å². The van der Waals surface area contributed by atoms with Crippen molar-refractivity contribution in [3.63, 3.8) is 0 Å². The predicted molar refractivity (Wildman–Crippen MR) is 79.1 cm³/mol. The molecule has 0 amide bonds. The fraction of sp³-hybridized carbons (Fsp3) is 0.167. The molecule has 3 N–H and O–H groups in total. The van der Waals surface area contributed by atoms with Crippen molar-refractivity contribution in [3.8, 4) is 0 Å². The van der Waals surface area contributed by atoms with Gasteiger partial charge in [0.1, 0.15) is 6.54 Å². The Bertz CT molecular complexity index is 847. The number of carboxylic acids is 1. The molecule has 2 aromatic rings. The first-order valence-electron chi connectivity index (χ1n) is 6.40. The van der Waals surface area contributed by atoms with Gasteiger partial charge in [-0.2, -0.15) is 18.0 Å². The number of aliphatic carboxylic acids is 1. The number of alkyl halides is 3. The molecule has 0 aromatic carbocycles. The van der Waals surface area contributed by atoms with Gasteiger partial charge in [-0.3, -0.25) is 0 Å². The number of nitrogens with two attached hydrogens (primary N) is 1. The Kier molecular flexibility index (Phi) is 5.32. The van der Waals surface area contributed by atoms with Gasteiger partial charge in [0.15, 0.2) is 11.5 Å². The second-order valence-electron chi connectivity index (χ2n) is 4.47. The predicted octanol–water partition coefficient (Wildman–Crippen LogP) is 1.44.